The Hall–Kier alpha value is -0.850. The highest BCUT2D eigenvalue weighted by Crippen LogP contribution is 2.22. The molecule has 0 saturated carbocycles. The lowest BCUT2D eigenvalue weighted by molar-refractivity contribution is 0.605. The molecule has 0 aromatic heterocycles. The zero-order chi connectivity index (χ0) is 12.4. The van der Waals surface area contributed by atoms with E-state index in [0.717, 1.165) is 18.4 Å². The summed E-state index contributed by atoms with van der Waals surface area (Å²) in [6.07, 6.45) is 4.81. The lowest BCUT2D eigenvalue weighted by Crippen LogP contribution is -1.95. The van der Waals surface area contributed by atoms with E-state index < -0.39 is 0 Å². The Morgan fingerprint density at radius 3 is 1.94 bits per heavy atom. The molecule has 0 radical (unpaired) electrons. The molecule has 0 saturated heterocycles. The molecule has 0 spiro atoms. The Morgan fingerprint density at radius 1 is 1.00 bits per heavy atom. The molecule has 0 aliphatic carbocycles. The van der Waals surface area contributed by atoms with Crippen LogP contribution in [0.1, 0.15) is 64.9 Å². The van der Waals surface area contributed by atoms with Gasteiger partial charge in [-0.3, -0.25) is 0 Å². The largest absolute Gasteiger partial charge is 0.207 e. The van der Waals surface area contributed by atoms with Crippen LogP contribution in [0.3, 0.4) is 0 Å². The molecule has 0 bridgehead atoms. The molecule has 0 N–H and O–H groups in total. The van der Waals surface area contributed by atoms with Gasteiger partial charge in [-0.2, -0.15) is 0 Å². The van der Waals surface area contributed by atoms with Crippen molar-refractivity contribution in [3.63, 3.8) is 0 Å². The highest BCUT2D eigenvalue weighted by Gasteiger charge is 2.06. The van der Waals surface area contributed by atoms with E-state index in [1.807, 2.05) is 6.07 Å². The summed E-state index contributed by atoms with van der Waals surface area (Å²) in [7, 11) is 0. The summed E-state index contributed by atoms with van der Waals surface area (Å²) in [6.45, 7) is 8.64. The number of benzene rings is 1. The van der Waals surface area contributed by atoms with E-state index in [2.05, 4.69) is 27.7 Å². The predicted molar refractivity (Wildman–Crippen MR) is 70.3 cm³/mol. The highest BCUT2D eigenvalue weighted by atomic mass is 19.1. The van der Waals surface area contributed by atoms with Crippen LogP contribution in [0.2, 0.25) is 0 Å². The second-order valence-electron chi connectivity index (χ2n) is 4.07. The third-order valence-electron chi connectivity index (χ3n) is 2.81. The van der Waals surface area contributed by atoms with Crippen LogP contribution in [0.15, 0.2) is 24.3 Å². The van der Waals surface area contributed by atoms with Crippen molar-refractivity contribution in [1.29, 1.82) is 0 Å². The highest BCUT2D eigenvalue weighted by molar-refractivity contribution is 5.20. The van der Waals surface area contributed by atoms with Crippen LogP contribution in [0.5, 0.6) is 0 Å². The Kier molecular flexibility index (Phi) is 8.88. The summed E-state index contributed by atoms with van der Waals surface area (Å²) >= 11 is 0. The second kappa shape index (κ2) is 9.38. The van der Waals surface area contributed by atoms with E-state index in [9.17, 15) is 4.39 Å². The van der Waals surface area contributed by atoms with Gasteiger partial charge in [-0.05, 0) is 36.5 Å². The summed E-state index contributed by atoms with van der Waals surface area (Å²) in [5.41, 5.74) is 1.13. The van der Waals surface area contributed by atoms with E-state index in [4.69, 9.17) is 0 Å². The first-order valence-electron chi connectivity index (χ1n) is 6.44. The van der Waals surface area contributed by atoms with Gasteiger partial charge in [0.15, 0.2) is 0 Å². The fourth-order valence-electron chi connectivity index (χ4n) is 1.52. The van der Waals surface area contributed by atoms with Crippen molar-refractivity contribution in [2.45, 2.75) is 59.3 Å². The van der Waals surface area contributed by atoms with Gasteiger partial charge in [0, 0.05) is 0 Å². The van der Waals surface area contributed by atoms with Gasteiger partial charge < -0.3 is 0 Å². The first-order chi connectivity index (χ1) is 7.69. The van der Waals surface area contributed by atoms with E-state index in [-0.39, 0.29) is 5.82 Å². The third kappa shape index (κ3) is 5.89. The number of halogens is 1. The molecule has 1 aromatic rings. The monoisotopic (exact) mass is 224 g/mol. The molecular weight excluding hydrogens is 199 g/mol. The zero-order valence-corrected chi connectivity index (χ0v) is 11.1. The molecule has 1 heteroatoms. The minimum absolute atomic E-state index is 0.126. The van der Waals surface area contributed by atoms with Gasteiger partial charge in [0.1, 0.15) is 5.82 Å². The van der Waals surface area contributed by atoms with Crippen molar-refractivity contribution in [2.75, 3.05) is 0 Å². The quantitative estimate of drug-likeness (QED) is 0.630. The van der Waals surface area contributed by atoms with Crippen LogP contribution < -0.4 is 0 Å². The maximum atomic E-state index is 12.8. The summed E-state index contributed by atoms with van der Waals surface area (Å²) < 4.78 is 12.8. The SMILES string of the molecule is CCC(CC)c1cccc(F)c1.CCCC. The first-order valence-corrected chi connectivity index (χ1v) is 6.44. The van der Waals surface area contributed by atoms with Crippen molar-refractivity contribution in [3.05, 3.63) is 35.6 Å². The van der Waals surface area contributed by atoms with Crippen molar-refractivity contribution < 1.29 is 4.39 Å². The predicted octanol–water partition coefficient (Wildman–Crippen LogP) is 5.54. The molecule has 0 amide bonds. The normalized spacial score (nSPS) is 9.88. The lowest BCUT2D eigenvalue weighted by Gasteiger charge is -2.11. The number of hydrogen-bond donors (Lipinski definition) is 0. The molecule has 0 fully saturated rings. The lowest BCUT2D eigenvalue weighted by atomic mass is 9.94. The van der Waals surface area contributed by atoms with Crippen LogP contribution >= 0.6 is 0 Å². The smallest absolute Gasteiger partial charge is 0.123 e. The van der Waals surface area contributed by atoms with E-state index in [1.165, 1.54) is 18.9 Å². The summed E-state index contributed by atoms with van der Waals surface area (Å²) in [5, 5.41) is 0. The van der Waals surface area contributed by atoms with Gasteiger partial charge in [0.2, 0.25) is 0 Å². The topological polar surface area (TPSA) is 0 Å². The van der Waals surface area contributed by atoms with Gasteiger partial charge >= 0.3 is 0 Å². The Labute approximate surface area is 99.9 Å². The first kappa shape index (κ1) is 15.2. The molecular formula is C15H25F. The zero-order valence-electron chi connectivity index (χ0n) is 11.1. The van der Waals surface area contributed by atoms with Crippen molar-refractivity contribution in [2.24, 2.45) is 0 Å². The molecule has 0 heterocycles. The molecule has 0 nitrogen and oxygen atoms in total. The number of unbranched alkanes of at least 4 members (excludes halogenated alkanes) is 1. The van der Waals surface area contributed by atoms with Crippen LogP contribution in [0.25, 0.3) is 0 Å². The van der Waals surface area contributed by atoms with Crippen molar-refractivity contribution >= 4 is 0 Å². The summed E-state index contributed by atoms with van der Waals surface area (Å²) in [4.78, 5) is 0. The van der Waals surface area contributed by atoms with Crippen LogP contribution in [0.4, 0.5) is 4.39 Å². The molecule has 0 unspecified atom stereocenters. The molecule has 0 aliphatic heterocycles. The Morgan fingerprint density at radius 2 is 1.56 bits per heavy atom. The van der Waals surface area contributed by atoms with Gasteiger partial charge in [-0.15, -0.1) is 0 Å². The van der Waals surface area contributed by atoms with E-state index >= 15 is 0 Å². The maximum absolute atomic E-state index is 12.8. The van der Waals surface area contributed by atoms with Crippen LogP contribution in [-0.4, -0.2) is 0 Å². The fraction of sp³-hybridized carbons (Fsp3) is 0.600. The number of rotatable bonds is 4. The average molecular weight is 224 g/mol. The molecule has 0 aliphatic rings. The van der Waals surface area contributed by atoms with Crippen molar-refractivity contribution in [1.82, 2.24) is 0 Å². The molecule has 16 heavy (non-hydrogen) atoms. The second-order valence-corrected chi connectivity index (χ2v) is 4.07. The van der Waals surface area contributed by atoms with E-state index in [0.29, 0.717) is 5.92 Å². The number of hydrogen-bond acceptors (Lipinski definition) is 0. The maximum Gasteiger partial charge on any atom is 0.123 e. The Bertz CT molecular complexity index is 262. The summed E-state index contributed by atoms with van der Waals surface area (Å²) in [5.74, 6) is 0.389. The van der Waals surface area contributed by atoms with Gasteiger partial charge in [-0.25, -0.2) is 4.39 Å². The molecule has 92 valence electrons. The van der Waals surface area contributed by atoms with Crippen molar-refractivity contribution in [3.8, 4) is 0 Å². The minimum atomic E-state index is -0.126. The fourth-order valence-corrected chi connectivity index (χ4v) is 1.52. The van der Waals surface area contributed by atoms with E-state index in [1.54, 1.807) is 12.1 Å². The Balaban J connectivity index is 0.000000487. The van der Waals surface area contributed by atoms with Gasteiger partial charge in [0.25, 0.3) is 0 Å². The standard InChI is InChI=1S/C11H15F.C4H10/c1-3-9(4-2)10-6-5-7-11(12)8-10;1-3-4-2/h5-9H,3-4H2,1-2H3;3-4H2,1-2H3. The molecule has 1 rings (SSSR count). The van der Waals surface area contributed by atoms with Gasteiger partial charge in [-0.1, -0.05) is 52.7 Å². The van der Waals surface area contributed by atoms with Crippen LogP contribution in [0, 0.1) is 5.82 Å². The van der Waals surface area contributed by atoms with Crippen LogP contribution in [-0.2, 0) is 0 Å². The summed E-state index contributed by atoms with van der Waals surface area (Å²) in [6, 6.07) is 6.91. The average Bonchev–Trinajstić information content (AvgIpc) is 2.31. The molecule has 0 atom stereocenters. The van der Waals surface area contributed by atoms with Gasteiger partial charge in [0.05, 0.1) is 0 Å². The molecule has 1 aromatic carbocycles. The third-order valence-corrected chi connectivity index (χ3v) is 2.81. The minimum Gasteiger partial charge on any atom is -0.207 e.